The van der Waals surface area contributed by atoms with Gasteiger partial charge >= 0.3 is 0 Å². The van der Waals surface area contributed by atoms with Crippen molar-refractivity contribution in [2.24, 2.45) is 0 Å². The SMILES string of the molecule is CCOc1cc(Cl)ccc1OCCN[C@H](C)Cc1ccc2c(ccn2CCCO)c1. The Balaban J connectivity index is 1.47. The molecule has 0 unspecified atom stereocenters. The van der Waals surface area contributed by atoms with Crippen molar-refractivity contribution in [3.63, 3.8) is 0 Å². The summed E-state index contributed by atoms with van der Waals surface area (Å²) in [7, 11) is 0. The summed E-state index contributed by atoms with van der Waals surface area (Å²) in [6.07, 6.45) is 3.82. The summed E-state index contributed by atoms with van der Waals surface area (Å²) in [5, 5.41) is 14.4. The molecule has 0 saturated carbocycles. The summed E-state index contributed by atoms with van der Waals surface area (Å²) < 4.78 is 13.7. The maximum atomic E-state index is 9.04. The molecule has 30 heavy (non-hydrogen) atoms. The second-order valence-corrected chi connectivity index (χ2v) is 7.85. The van der Waals surface area contributed by atoms with Crippen LogP contribution in [0.3, 0.4) is 0 Å². The number of fused-ring (bicyclic) bond motifs is 1. The Hall–Kier alpha value is -2.21. The molecule has 162 valence electrons. The number of benzene rings is 2. The predicted molar refractivity (Wildman–Crippen MR) is 123 cm³/mol. The van der Waals surface area contributed by atoms with Crippen LogP contribution in [0.4, 0.5) is 0 Å². The Morgan fingerprint density at radius 2 is 1.97 bits per heavy atom. The second kappa shape index (κ2) is 11.3. The van der Waals surface area contributed by atoms with Crippen molar-refractivity contribution in [1.29, 1.82) is 0 Å². The molecular weight excluding hydrogens is 400 g/mol. The van der Waals surface area contributed by atoms with E-state index < -0.39 is 0 Å². The molecule has 1 atom stereocenters. The van der Waals surface area contributed by atoms with E-state index in [0.29, 0.717) is 35.8 Å². The van der Waals surface area contributed by atoms with Crippen molar-refractivity contribution >= 4 is 22.5 Å². The molecule has 1 aromatic heterocycles. The molecule has 0 fully saturated rings. The molecule has 2 aromatic carbocycles. The minimum absolute atomic E-state index is 0.218. The van der Waals surface area contributed by atoms with E-state index in [4.69, 9.17) is 26.2 Å². The molecule has 0 aliphatic carbocycles. The van der Waals surface area contributed by atoms with Gasteiger partial charge in [0.15, 0.2) is 11.5 Å². The van der Waals surface area contributed by atoms with Crippen molar-refractivity contribution in [2.45, 2.75) is 39.3 Å². The van der Waals surface area contributed by atoms with Crippen molar-refractivity contribution < 1.29 is 14.6 Å². The van der Waals surface area contributed by atoms with Gasteiger partial charge in [0.2, 0.25) is 0 Å². The number of halogens is 1. The highest BCUT2D eigenvalue weighted by Crippen LogP contribution is 2.30. The molecular formula is C24H31ClN2O3. The molecule has 5 nitrogen and oxygen atoms in total. The van der Waals surface area contributed by atoms with E-state index in [1.54, 1.807) is 6.07 Å². The Kier molecular flexibility index (Phi) is 8.43. The maximum absolute atomic E-state index is 9.04. The topological polar surface area (TPSA) is 55.7 Å². The molecule has 1 heterocycles. The zero-order valence-electron chi connectivity index (χ0n) is 17.7. The largest absolute Gasteiger partial charge is 0.490 e. The summed E-state index contributed by atoms with van der Waals surface area (Å²) in [6, 6.07) is 14.5. The van der Waals surface area contributed by atoms with Gasteiger partial charge in [-0.3, -0.25) is 0 Å². The van der Waals surface area contributed by atoms with Crippen LogP contribution in [0.2, 0.25) is 5.02 Å². The van der Waals surface area contributed by atoms with Crippen molar-refractivity contribution in [2.75, 3.05) is 26.4 Å². The lowest BCUT2D eigenvalue weighted by Gasteiger charge is -2.16. The Morgan fingerprint density at radius 1 is 1.10 bits per heavy atom. The van der Waals surface area contributed by atoms with Crippen LogP contribution in [0.25, 0.3) is 10.9 Å². The maximum Gasteiger partial charge on any atom is 0.162 e. The van der Waals surface area contributed by atoms with E-state index in [0.717, 1.165) is 25.9 Å². The number of ether oxygens (including phenoxy) is 2. The molecule has 0 bridgehead atoms. The van der Waals surface area contributed by atoms with Gasteiger partial charge in [-0.25, -0.2) is 0 Å². The van der Waals surface area contributed by atoms with Gasteiger partial charge in [0, 0.05) is 48.5 Å². The smallest absolute Gasteiger partial charge is 0.162 e. The number of nitrogens with one attached hydrogen (secondary N) is 1. The molecule has 6 heteroatoms. The van der Waals surface area contributed by atoms with Gasteiger partial charge in [0.1, 0.15) is 6.61 Å². The van der Waals surface area contributed by atoms with Crippen LogP contribution in [0.1, 0.15) is 25.8 Å². The minimum atomic E-state index is 0.218. The zero-order valence-corrected chi connectivity index (χ0v) is 18.5. The van der Waals surface area contributed by atoms with Crippen LogP contribution < -0.4 is 14.8 Å². The van der Waals surface area contributed by atoms with Gasteiger partial charge in [-0.05, 0) is 68.0 Å². The van der Waals surface area contributed by atoms with E-state index in [9.17, 15) is 0 Å². The van der Waals surface area contributed by atoms with Crippen molar-refractivity contribution in [1.82, 2.24) is 9.88 Å². The normalized spacial score (nSPS) is 12.3. The number of rotatable bonds is 12. The Labute approximate surface area is 183 Å². The predicted octanol–water partition coefficient (Wildman–Crippen LogP) is 4.68. The highest BCUT2D eigenvalue weighted by Gasteiger charge is 2.08. The molecule has 3 rings (SSSR count). The molecule has 0 radical (unpaired) electrons. The van der Waals surface area contributed by atoms with Crippen LogP contribution in [-0.4, -0.2) is 42.1 Å². The highest BCUT2D eigenvalue weighted by atomic mass is 35.5. The lowest BCUT2D eigenvalue weighted by atomic mass is 10.1. The van der Waals surface area contributed by atoms with Gasteiger partial charge in [-0.15, -0.1) is 0 Å². The Bertz CT molecular complexity index is 941. The minimum Gasteiger partial charge on any atom is -0.490 e. The molecule has 2 N–H and O–H groups in total. The molecule has 3 aromatic rings. The highest BCUT2D eigenvalue weighted by molar-refractivity contribution is 6.30. The third-order valence-electron chi connectivity index (χ3n) is 4.99. The summed E-state index contributed by atoms with van der Waals surface area (Å²) in [6.45, 7) is 7.06. The van der Waals surface area contributed by atoms with Crippen LogP contribution in [0.15, 0.2) is 48.7 Å². The number of hydrogen-bond acceptors (Lipinski definition) is 4. The first kappa shape index (κ1) is 22.5. The molecule has 0 aliphatic rings. The van der Waals surface area contributed by atoms with Crippen LogP contribution in [-0.2, 0) is 13.0 Å². The van der Waals surface area contributed by atoms with Crippen LogP contribution in [0.5, 0.6) is 11.5 Å². The number of aromatic nitrogens is 1. The number of aliphatic hydroxyl groups is 1. The average Bonchev–Trinajstić information content (AvgIpc) is 3.13. The number of hydrogen-bond donors (Lipinski definition) is 2. The average molecular weight is 431 g/mol. The third kappa shape index (κ3) is 6.14. The second-order valence-electron chi connectivity index (χ2n) is 7.41. The van der Waals surface area contributed by atoms with Crippen LogP contribution >= 0.6 is 11.6 Å². The third-order valence-corrected chi connectivity index (χ3v) is 5.23. The van der Waals surface area contributed by atoms with E-state index in [1.165, 1.54) is 16.5 Å². The monoisotopic (exact) mass is 430 g/mol. The van der Waals surface area contributed by atoms with E-state index >= 15 is 0 Å². The van der Waals surface area contributed by atoms with Crippen molar-refractivity contribution in [3.8, 4) is 11.5 Å². The first-order valence-corrected chi connectivity index (χ1v) is 11.0. The summed E-state index contributed by atoms with van der Waals surface area (Å²) in [5.74, 6) is 1.39. The zero-order chi connectivity index (χ0) is 21.3. The fraction of sp³-hybridized carbons (Fsp3) is 0.417. The summed E-state index contributed by atoms with van der Waals surface area (Å²) in [5.41, 5.74) is 2.52. The lowest BCUT2D eigenvalue weighted by Crippen LogP contribution is -2.31. The molecule has 0 aliphatic heterocycles. The fourth-order valence-corrected chi connectivity index (χ4v) is 3.74. The number of aliphatic hydroxyl groups excluding tert-OH is 1. The van der Waals surface area contributed by atoms with E-state index in [2.05, 4.69) is 47.3 Å². The van der Waals surface area contributed by atoms with Gasteiger partial charge in [-0.1, -0.05) is 17.7 Å². The number of nitrogens with zero attached hydrogens (tertiary/aromatic N) is 1. The lowest BCUT2D eigenvalue weighted by molar-refractivity contribution is 0.272. The molecule has 0 amide bonds. The Morgan fingerprint density at radius 3 is 2.77 bits per heavy atom. The summed E-state index contributed by atoms with van der Waals surface area (Å²) in [4.78, 5) is 0. The number of aryl methyl sites for hydroxylation is 1. The van der Waals surface area contributed by atoms with Gasteiger partial charge in [0.05, 0.1) is 6.61 Å². The fourth-order valence-electron chi connectivity index (χ4n) is 3.57. The molecule has 0 saturated heterocycles. The quantitative estimate of drug-likeness (QED) is 0.410. The first-order chi connectivity index (χ1) is 14.6. The first-order valence-electron chi connectivity index (χ1n) is 10.6. The standard InChI is InChI=1S/C24H31ClN2O3/c1-3-29-24-17-21(25)6-8-23(24)30-14-10-26-18(2)15-19-5-7-22-20(16-19)9-12-27(22)11-4-13-28/h5-9,12,16-18,26,28H,3-4,10-11,13-15H2,1-2H3/t18-/m1/s1. The van der Waals surface area contributed by atoms with E-state index in [-0.39, 0.29) is 6.61 Å². The van der Waals surface area contributed by atoms with Crippen LogP contribution in [0, 0.1) is 0 Å². The van der Waals surface area contributed by atoms with Gasteiger partial charge < -0.3 is 24.5 Å². The van der Waals surface area contributed by atoms with Crippen molar-refractivity contribution in [3.05, 3.63) is 59.2 Å². The van der Waals surface area contributed by atoms with E-state index in [1.807, 2.05) is 19.1 Å². The summed E-state index contributed by atoms with van der Waals surface area (Å²) >= 11 is 6.03. The molecule has 0 spiro atoms. The van der Waals surface area contributed by atoms with Gasteiger partial charge in [0.25, 0.3) is 0 Å². The van der Waals surface area contributed by atoms with Gasteiger partial charge in [-0.2, -0.15) is 0 Å².